The molecule has 21 heavy (non-hydrogen) atoms. The lowest BCUT2D eigenvalue weighted by molar-refractivity contribution is -0.132. The van der Waals surface area contributed by atoms with Crippen molar-refractivity contribution in [3.63, 3.8) is 0 Å². The van der Waals surface area contributed by atoms with Gasteiger partial charge in [-0.05, 0) is 24.1 Å². The molecule has 1 fully saturated rings. The molecule has 5 nitrogen and oxygen atoms in total. The van der Waals surface area contributed by atoms with Crippen LogP contribution in [0.5, 0.6) is 0 Å². The Kier molecular flexibility index (Phi) is 5.14. The Bertz CT molecular complexity index is 513. The highest BCUT2D eigenvalue weighted by Crippen LogP contribution is 2.10. The van der Waals surface area contributed by atoms with Crippen molar-refractivity contribution in [3.05, 3.63) is 35.6 Å². The number of hydrogen-bond acceptors (Lipinski definition) is 3. The third kappa shape index (κ3) is 4.18. The van der Waals surface area contributed by atoms with E-state index in [0.717, 1.165) is 5.56 Å². The van der Waals surface area contributed by atoms with Gasteiger partial charge in [0.05, 0.1) is 7.11 Å². The molecule has 0 atom stereocenters. The van der Waals surface area contributed by atoms with Gasteiger partial charge in [0, 0.05) is 32.6 Å². The van der Waals surface area contributed by atoms with Crippen LogP contribution >= 0.6 is 0 Å². The Morgan fingerprint density at radius 2 is 1.86 bits per heavy atom. The van der Waals surface area contributed by atoms with E-state index in [1.807, 2.05) is 6.07 Å². The molecule has 0 bridgehead atoms. The maximum atomic E-state index is 13.1. The molecule has 0 radical (unpaired) electrons. The second-order valence-corrected chi connectivity index (χ2v) is 4.97. The standard InChI is InChI=1S/C15H19FN2O3/c1-21-15(20)18-9-7-17(8-10-18)14(19)6-5-12-3-2-4-13(16)11-12/h2-4,11H,5-10H2,1H3. The first-order chi connectivity index (χ1) is 10.1. The Hall–Kier alpha value is -2.11. The molecular formula is C15H19FN2O3. The highest BCUT2D eigenvalue weighted by atomic mass is 19.1. The fourth-order valence-corrected chi connectivity index (χ4v) is 2.37. The second kappa shape index (κ2) is 7.06. The number of nitrogens with zero attached hydrogens (tertiary/aromatic N) is 2. The zero-order valence-corrected chi connectivity index (χ0v) is 12.0. The highest BCUT2D eigenvalue weighted by Gasteiger charge is 2.24. The minimum atomic E-state index is -0.359. The van der Waals surface area contributed by atoms with Crippen LogP contribution in [0.15, 0.2) is 24.3 Å². The van der Waals surface area contributed by atoms with Gasteiger partial charge in [0.15, 0.2) is 0 Å². The lowest BCUT2D eigenvalue weighted by atomic mass is 10.1. The number of halogens is 1. The van der Waals surface area contributed by atoms with Crippen LogP contribution in [-0.2, 0) is 16.0 Å². The molecule has 1 aliphatic rings. The number of benzene rings is 1. The quantitative estimate of drug-likeness (QED) is 0.852. The van der Waals surface area contributed by atoms with Crippen molar-refractivity contribution in [3.8, 4) is 0 Å². The van der Waals surface area contributed by atoms with Crippen LogP contribution in [0.4, 0.5) is 9.18 Å². The topological polar surface area (TPSA) is 49.9 Å². The average molecular weight is 294 g/mol. The second-order valence-electron chi connectivity index (χ2n) is 4.97. The monoisotopic (exact) mass is 294 g/mol. The molecule has 0 saturated carbocycles. The molecule has 0 aromatic heterocycles. The summed E-state index contributed by atoms with van der Waals surface area (Å²) in [5, 5.41) is 0. The molecule has 1 aromatic rings. The molecular weight excluding hydrogens is 275 g/mol. The SMILES string of the molecule is COC(=O)N1CCN(C(=O)CCc2cccc(F)c2)CC1. The number of piperazine rings is 1. The number of carbonyl (C=O) groups is 2. The van der Waals surface area contributed by atoms with E-state index in [9.17, 15) is 14.0 Å². The molecule has 1 aromatic carbocycles. The van der Waals surface area contributed by atoms with E-state index < -0.39 is 0 Å². The van der Waals surface area contributed by atoms with Gasteiger partial charge in [0.25, 0.3) is 0 Å². The maximum absolute atomic E-state index is 13.1. The van der Waals surface area contributed by atoms with Crippen LogP contribution in [0, 0.1) is 5.82 Å². The summed E-state index contributed by atoms with van der Waals surface area (Å²) < 4.78 is 17.7. The van der Waals surface area contributed by atoms with Crippen LogP contribution in [0.3, 0.4) is 0 Å². The smallest absolute Gasteiger partial charge is 0.409 e. The molecule has 0 N–H and O–H groups in total. The van der Waals surface area contributed by atoms with Gasteiger partial charge in [-0.25, -0.2) is 9.18 Å². The summed E-state index contributed by atoms with van der Waals surface area (Å²) in [5.74, 6) is -0.254. The molecule has 1 aliphatic heterocycles. The third-order valence-corrected chi connectivity index (χ3v) is 3.58. The number of carbonyl (C=O) groups excluding carboxylic acids is 2. The van der Waals surface area contributed by atoms with Crippen molar-refractivity contribution in [2.45, 2.75) is 12.8 Å². The predicted molar refractivity (Wildman–Crippen MR) is 75.3 cm³/mol. The molecule has 6 heteroatoms. The van der Waals surface area contributed by atoms with Gasteiger partial charge in [-0.1, -0.05) is 12.1 Å². The first-order valence-corrected chi connectivity index (χ1v) is 6.95. The summed E-state index contributed by atoms with van der Waals surface area (Å²) >= 11 is 0. The Balaban J connectivity index is 1.78. The van der Waals surface area contributed by atoms with Gasteiger partial charge >= 0.3 is 6.09 Å². The fraction of sp³-hybridized carbons (Fsp3) is 0.467. The van der Waals surface area contributed by atoms with E-state index in [1.165, 1.54) is 19.2 Å². The zero-order valence-electron chi connectivity index (χ0n) is 12.0. The Labute approximate surface area is 123 Å². The zero-order chi connectivity index (χ0) is 15.2. The molecule has 0 unspecified atom stereocenters. The fourth-order valence-electron chi connectivity index (χ4n) is 2.37. The summed E-state index contributed by atoms with van der Waals surface area (Å²) in [4.78, 5) is 26.8. The number of rotatable bonds is 3. The number of amides is 2. The summed E-state index contributed by atoms with van der Waals surface area (Å²) in [5.41, 5.74) is 0.816. The number of methoxy groups -OCH3 is 1. The first-order valence-electron chi connectivity index (χ1n) is 6.95. The number of ether oxygens (including phenoxy) is 1. The van der Waals surface area contributed by atoms with Crippen molar-refractivity contribution in [1.29, 1.82) is 0 Å². The van der Waals surface area contributed by atoms with E-state index in [0.29, 0.717) is 39.0 Å². The van der Waals surface area contributed by atoms with Crippen molar-refractivity contribution in [1.82, 2.24) is 9.80 Å². The van der Waals surface area contributed by atoms with Gasteiger partial charge in [0.1, 0.15) is 5.82 Å². The minimum absolute atomic E-state index is 0.0313. The molecule has 1 heterocycles. The van der Waals surface area contributed by atoms with E-state index in [1.54, 1.807) is 15.9 Å². The van der Waals surface area contributed by atoms with Gasteiger partial charge in [-0.15, -0.1) is 0 Å². The molecule has 2 rings (SSSR count). The van der Waals surface area contributed by atoms with E-state index in [4.69, 9.17) is 0 Å². The highest BCUT2D eigenvalue weighted by molar-refractivity contribution is 5.77. The third-order valence-electron chi connectivity index (χ3n) is 3.58. The molecule has 0 spiro atoms. The van der Waals surface area contributed by atoms with E-state index in [-0.39, 0.29) is 17.8 Å². The Morgan fingerprint density at radius 1 is 1.19 bits per heavy atom. The molecule has 114 valence electrons. The van der Waals surface area contributed by atoms with Crippen LogP contribution in [0.1, 0.15) is 12.0 Å². The summed E-state index contributed by atoms with van der Waals surface area (Å²) in [6.45, 7) is 1.99. The maximum Gasteiger partial charge on any atom is 0.409 e. The van der Waals surface area contributed by atoms with Crippen molar-refractivity contribution in [2.24, 2.45) is 0 Å². The van der Waals surface area contributed by atoms with Gasteiger partial charge < -0.3 is 14.5 Å². The molecule has 0 aliphatic carbocycles. The normalized spacial score (nSPS) is 15.0. The number of hydrogen-bond donors (Lipinski definition) is 0. The summed E-state index contributed by atoms with van der Waals surface area (Å²) in [6.07, 6.45) is 0.511. The van der Waals surface area contributed by atoms with Gasteiger partial charge in [0.2, 0.25) is 5.91 Å². The number of aryl methyl sites for hydroxylation is 1. The van der Waals surface area contributed by atoms with Crippen molar-refractivity contribution >= 4 is 12.0 Å². The average Bonchev–Trinajstić information content (AvgIpc) is 2.52. The molecule has 2 amide bonds. The van der Waals surface area contributed by atoms with Crippen LogP contribution in [-0.4, -0.2) is 55.1 Å². The lowest BCUT2D eigenvalue weighted by Gasteiger charge is -2.33. The lowest BCUT2D eigenvalue weighted by Crippen LogP contribution is -2.50. The van der Waals surface area contributed by atoms with Gasteiger partial charge in [-0.2, -0.15) is 0 Å². The summed E-state index contributed by atoms with van der Waals surface area (Å²) in [7, 11) is 1.35. The van der Waals surface area contributed by atoms with Crippen LogP contribution < -0.4 is 0 Å². The van der Waals surface area contributed by atoms with Crippen LogP contribution in [0.2, 0.25) is 0 Å². The van der Waals surface area contributed by atoms with E-state index >= 15 is 0 Å². The molecule has 1 saturated heterocycles. The van der Waals surface area contributed by atoms with Crippen LogP contribution in [0.25, 0.3) is 0 Å². The largest absolute Gasteiger partial charge is 0.453 e. The summed E-state index contributed by atoms with van der Waals surface area (Å²) in [6, 6.07) is 6.29. The minimum Gasteiger partial charge on any atom is -0.453 e. The van der Waals surface area contributed by atoms with Gasteiger partial charge in [-0.3, -0.25) is 4.79 Å². The van der Waals surface area contributed by atoms with E-state index in [2.05, 4.69) is 4.74 Å². The van der Waals surface area contributed by atoms with Crippen molar-refractivity contribution in [2.75, 3.05) is 33.3 Å². The van der Waals surface area contributed by atoms with Crippen molar-refractivity contribution < 1.29 is 18.7 Å². The first kappa shape index (κ1) is 15.3. The predicted octanol–water partition coefficient (Wildman–Crippen LogP) is 1.67. The Morgan fingerprint density at radius 3 is 2.48 bits per heavy atom.